The van der Waals surface area contributed by atoms with Gasteiger partial charge in [0.25, 0.3) is 0 Å². The second kappa shape index (κ2) is 10.4. The number of aliphatic imine (C=N–C) groups is 1. The number of rotatable bonds is 7. The summed E-state index contributed by atoms with van der Waals surface area (Å²) in [5.41, 5.74) is 1.04. The standard InChI is InChI=1S/C13H24N4O2S2.HI/c1-5-14-13(15-7-8-21(18,19)6-2)16-9-12-17-10(3)11(4)20-12;/h5-9H2,1-4H3,(H2,14,15,16);1H. The van der Waals surface area contributed by atoms with Crippen molar-refractivity contribution in [3.05, 3.63) is 15.6 Å². The maximum Gasteiger partial charge on any atom is 0.191 e. The predicted molar refractivity (Wildman–Crippen MR) is 104 cm³/mol. The molecule has 1 heterocycles. The summed E-state index contributed by atoms with van der Waals surface area (Å²) in [4.78, 5) is 10.1. The first kappa shape index (κ1) is 21.6. The van der Waals surface area contributed by atoms with E-state index in [1.807, 2.05) is 20.8 Å². The molecule has 2 N–H and O–H groups in total. The molecule has 0 aliphatic heterocycles. The summed E-state index contributed by atoms with van der Waals surface area (Å²) in [6.07, 6.45) is 0. The van der Waals surface area contributed by atoms with Crippen LogP contribution in [0, 0.1) is 13.8 Å². The first-order valence-electron chi connectivity index (χ1n) is 7.03. The molecule has 22 heavy (non-hydrogen) atoms. The number of aromatic nitrogens is 1. The van der Waals surface area contributed by atoms with Gasteiger partial charge in [0.2, 0.25) is 0 Å². The van der Waals surface area contributed by atoms with E-state index < -0.39 is 9.84 Å². The number of aryl methyl sites for hydroxylation is 2. The zero-order chi connectivity index (χ0) is 15.9. The number of hydrogen-bond donors (Lipinski definition) is 2. The second-order valence-corrected chi connectivity index (χ2v) is 8.37. The number of sulfone groups is 1. The molecule has 0 aliphatic rings. The summed E-state index contributed by atoms with van der Waals surface area (Å²) in [5.74, 6) is 0.901. The van der Waals surface area contributed by atoms with Crippen molar-refractivity contribution in [3.8, 4) is 0 Å². The fraction of sp³-hybridized carbons (Fsp3) is 0.692. The van der Waals surface area contributed by atoms with Crippen molar-refractivity contribution in [1.82, 2.24) is 15.6 Å². The molecule has 0 bridgehead atoms. The van der Waals surface area contributed by atoms with Gasteiger partial charge in [-0.2, -0.15) is 0 Å². The number of guanidine groups is 1. The summed E-state index contributed by atoms with van der Waals surface area (Å²) < 4.78 is 22.9. The fourth-order valence-corrected chi connectivity index (χ4v) is 3.12. The fourth-order valence-electron chi connectivity index (χ4n) is 1.56. The summed E-state index contributed by atoms with van der Waals surface area (Å²) in [6.45, 7) is 9.23. The predicted octanol–water partition coefficient (Wildman–Crippen LogP) is 1.87. The van der Waals surface area contributed by atoms with Crippen molar-refractivity contribution in [2.24, 2.45) is 4.99 Å². The molecule has 6 nitrogen and oxygen atoms in total. The van der Waals surface area contributed by atoms with Crippen LogP contribution in [0.4, 0.5) is 0 Å². The highest BCUT2D eigenvalue weighted by atomic mass is 127. The Morgan fingerprint density at radius 3 is 2.45 bits per heavy atom. The van der Waals surface area contributed by atoms with Gasteiger partial charge >= 0.3 is 0 Å². The van der Waals surface area contributed by atoms with Crippen LogP contribution in [0.5, 0.6) is 0 Å². The number of nitrogens with zero attached hydrogens (tertiary/aromatic N) is 2. The number of thiazole rings is 1. The van der Waals surface area contributed by atoms with E-state index in [2.05, 4.69) is 20.6 Å². The minimum atomic E-state index is -2.96. The molecule has 0 unspecified atom stereocenters. The minimum absolute atomic E-state index is 0. The van der Waals surface area contributed by atoms with Gasteiger partial charge in [0, 0.05) is 23.7 Å². The first-order chi connectivity index (χ1) is 9.88. The van der Waals surface area contributed by atoms with Crippen molar-refractivity contribution in [3.63, 3.8) is 0 Å². The number of halogens is 1. The molecular weight excluding hydrogens is 435 g/mol. The van der Waals surface area contributed by atoms with Gasteiger partial charge < -0.3 is 10.6 Å². The van der Waals surface area contributed by atoms with E-state index in [-0.39, 0.29) is 35.5 Å². The Labute approximate surface area is 154 Å². The zero-order valence-corrected chi connectivity index (χ0v) is 17.4. The molecule has 9 heteroatoms. The number of hydrogen-bond acceptors (Lipinski definition) is 5. The van der Waals surface area contributed by atoms with Gasteiger partial charge in [0.05, 0.1) is 18.0 Å². The molecule has 0 aliphatic carbocycles. The van der Waals surface area contributed by atoms with Crippen LogP contribution in [0.3, 0.4) is 0 Å². The highest BCUT2D eigenvalue weighted by Crippen LogP contribution is 2.16. The molecule has 0 atom stereocenters. The van der Waals surface area contributed by atoms with Crippen molar-refractivity contribution in [1.29, 1.82) is 0 Å². The minimum Gasteiger partial charge on any atom is -0.357 e. The van der Waals surface area contributed by atoms with Crippen LogP contribution in [-0.4, -0.2) is 44.0 Å². The van der Waals surface area contributed by atoms with E-state index >= 15 is 0 Å². The molecule has 0 amide bonds. The Balaban J connectivity index is 0.00000441. The summed E-state index contributed by atoms with van der Waals surface area (Å²) in [6, 6.07) is 0. The molecule has 0 saturated carbocycles. The smallest absolute Gasteiger partial charge is 0.191 e. The van der Waals surface area contributed by atoms with Gasteiger partial charge in [0.1, 0.15) is 5.01 Å². The normalized spacial score (nSPS) is 11.9. The Morgan fingerprint density at radius 1 is 1.27 bits per heavy atom. The SMILES string of the molecule is CCNC(=NCc1nc(C)c(C)s1)NCCS(=O)(=O)CC.I. The third kappa shape index (κ3) is 7.73. The van der Waals surface area contributed by atoms with Crippen LogP contribution >= 0.6 is 35.3 Å². The molecule has 0 fully saturated rings. The van der Waals surface area contributed by atoms with Crippen LogP contribution < -0.4 is 10.6 Å². The largest absolute Gasteiger partial charge is 0.357 e. The van der Waals surface area contributed by atoms with Gasteiger partial charge in [-0.05, 0) is 20.8 Å². The molecule has 1 aromatic rings. The Hall–Kier alpha value is -0.420. The third-order valence-electron chi connectivity index (χ3n) is 2.93. The summed E-state index contributed by atoms with van der Waals surface area (Å²) in [5, 5.41) is 7.10. The van der Waals surface area contributed by atoms with Crippen molar-refractivity contribution in [2.75, 3.05) is 24.6 Å². The third-order valence-corrected chi connectivity index (χ3v) is 5.70. The van der Waals surface area contributed by atoms with Crippen LogP contribution in [-0.2, 0) is 16.4 Å². The van der Waals surface area contributed by atoms with Crippen LogP contribution in [0.25, 0.3) is 0 Å². The summed E-state index contributed by atoms with van der Waals surface area (Å²) in [7, 11) is -2.96. The molecule has 128 valence electrons. The lowest BCUT2D eigenvalue weighted by molar-refractivity contribution is 0.595. The average Bonchev–Trinajstić information content (AvgIpc) is 2.75. The second-order valence-electron chi connectivity index (χ2n) is 4.61. The lowest BCUT2D eigenvalue weighted by atomic mass is 10.4. The van der Waals surface area contributed by atoms with Crippen LogP contribution in [0.15, 0.2) is 4.99 Å². The van der Waals surface area contributed by atoms with Gasteiger partial charge in [-0.3, -0.25) is 0 Å². The first-order valence-corrected chi connectivity index (χ1v) is 9.67. The molecular formula is C13H25IN4O2S2. The van der Waals surface area contributed by atoms with E-state index in [0.29, 0.717) is 19.0 Å². The average molecular weight is 460 g/mol. The van der Waals surface area contributed by atoms with Crippen LogP contribution in [0.1, 0.15) is 29.4 Å². The van der Waals surface area contributed by atoms with Crippen molar-refractivity contribution >= 4 is 51.1 Å². The molecule has 1 aromatic heterocycles. The lowest BCUT2D eigenvalue weighted by Crippen LogP contribution is -2.39. The quantitative estimate of drug-likeness (QED) is 0.369. The number of nitrogens with one attached hydrogen (secondary N) is 2. The topological polar surface area (TPSA) is 83.4 Å². The van der Waals surface area contributed by atoms with Crippen LogP contribution in [0.2, 0.25) is 0 Å². The van der Waals surface area contributed by atoms with Gasteiger partial charge in [-0.15, -0.1) is 35.3 Å². The molecule has 0 radical (unpaired) electrons. The summed E-state index contributed by atoms with van der Waals surface area (Å²) >= 11 is 1.64. The molecule has 0 aromatic carbocycles. The van der Waals surface area contributed by atoms with Gasteiger partial charge in [-0.25, -0.2) is 18.4 Å². The molecule has 0 saturated heterocycles. The van der Waals surface area contributed by atoms with E-state index in [1.165, 1.54) is 4.88 Å². The van der Waals surface area contributed by atoms with E-state index in [0.717, 1.165) is 17.2 Å². The monoisotopic (exact) mass is 460 g/mol. The Bertz CT molecular complexity index is 565. The molecule has 1 rings (SSSR count). The Kier molecular flexibility index (Phi) is 10.2. The van der Waals surface area contributed by atoms with Gasteiger partial charge in [0.15, 0.2) is 15.8 Å². The highest BCUT2D eigenvalue weighted by molar-refractivity contribution is 14.0. The lowest BCUT2D eigenvalue weighted by Gasteiger charge is -2.10. The van der Waals surface area contributed by atoms with Gasteiger partial charge in [-0.1, -0.05) is 6.92 Å². The maximum atomic E-state index is 11.4. The van der Waals surface area contributed by atoms with E-state index in [9.17, 15) is 8.42 Å². The van der Waals surface area contributed by atoms with Crippen molar-refractivity contribution < 1.29 is 8.42 Å². The maximum absolute atomic E-state index is 11.4. The highest BCUT2D eigenvalue weighted by Gasteiger charge is 2.08. The van der Waals surface area contributed by atoms with E-state index in [4.69, 9.17) is 0 Å². The Morgan fingerprint density at radius 2 is 1.95 bits per heavy atom. The zero-order valence-electron chi connectivity index (χ0n) is 13.5. The van der Waals surface area contributed by atoms with Crippen molar-refractivity contribution in [2.45, 2.75) is 34.2 Å². The molecule has 0 spiro atoms. The van der Waals surface area contributed by atoms with E-state index in [1.54, 1.807) is 18.3 Å².